The van der Waals surface area contributed by atoms with Crippen LogP contribution in [-0.4, -0.2) is 21.2 Å². The monoisotopic (exact) mass is 432 g/mol. The first-order valence-electron chi connectivity index (χ1n) is 10.1. The quantitative estimate of drug-likeness (QED) is 0.484. The van der Waals surface area contributed by atoms with E-state index < -0.39 is 5.82 Å². The maximum Gasteiger partial charge on any atom is 0.279 e. The lowest BCUT2D eigenvalue weighted by Crippen LogP contribution is -2.27. The SMILES string of the molecule is CCC(=O)Nc1ccc2c(c1)c(=O)n(-c1ccccc1)n2CC(=O)Nc1ccc(F)cc1. The highest BCUT2D eigenvalue weighted by molar-refractivity contribution is 5.95. The second-order valence-electron chi connectivity index (χ2n) is 7.20. The molecule has 162 valence electrons. The Bertz CT molecular complexity index is 1340. The lowest BCUT2D eigenvalue weighted by atomic mass is 10.2. The molecule has 1 heterocycles. The zero-order valence-electron chi connectivity index (χ0n) is 17.3. The normalized spacial score (nSPS) is 10.8. The van der Waals surface area contributed by atoms with Gasteiger partial charge in [0.25, 0.3) is 5.56 Å². The predicted molar refractivity (Wildman–Crippen MR) is 121 cm³/mol. The molecular weight excluding hydrogens is 411 g/mol. The molecule has 4 aromatic rings. The number of nitrogens with one attached hydrogen (secondary N) is 2. The molecule has 1 aromatic heterocycles. The Morgan fingerprint density at radius 1 is 0.875 bits per heavy atom. The molecule has 0 radical (unpaired) electrons. The summed E-state index contributed by atoms with van der Waals surface area (Å²) in [4.78, 5) is 37.8. The average Bonchev–Trinajstić information content (AvgIpc) is 3.06. The van der Waals surface area contributed by atoms with Gasteiger partial charge in [0.15, 0.2) is 0 Å². The van der Waals surface area contributed by atoms with Crippen LogP contribution in [0.2, 0.25) is 0 Å². The van der Waals surface area contributed by atoms with Crippen molar-refractivity contribution >= 4 is 34.1 Å². The van der Waals surface area contributed by atoms with Crippen molar-refractivity contribution in [2.75, 3.05) is 10.6 Å². The van der Waals surface area contributed by atoms with Gasteiger partial charge in [-0.05, 0) is 54.6 Å². The molecule has 0 saturated heterocycles. The van der Waals surface area contributed by atoms with Gasteiger partial charge < -0.3 is 10.6 Å². The summed E-state index contributed by atoms with van der Waals surface area (Å²) < 4.78 is 16.2. The molecule has 0 bridgehead atoms. The fourth-order valence-corrected chi connectivity index (χ4v) is 3.44. The Kier molecular flexibility index (Phi) is 5.85. The van der Waals surface area contributed by atoms with Crippen molar-refractivity contribution in [3.05, 3.63) is 89.0 Å². The van der Waals surface area contributed by atoms with Crippen LogP contribution in [0.3, 0.4) is 0 Å². The van der Waals surface area contributed by atoms with Gasteiger partial charge in [-0.2, -0.15) is 0 Å². The lowest BCUT2D eigenvalue weighted by Gasteiger charge is -2.13. The number of carbonyl (C=O) groups excluding carboxylic acids is 2. The van der Waals surface area contributed by atoms with Crippen LogP contribution < -0.4 is 16.2 Å². The van der Waals surface area contributed by atoms with Crippen molar-refractivity contribution in [2.45, 2.75) is 19.9 Å². The summed E-state index contributed by atoms with van der Waals surface area (Å²) >= 11 is 0. The maximum atomic E-state index is 13.3. The Hall–Kier alpha value is -4.20. The Morgan fingerprint density at radius 3 is 2.22 bits per heavy atom. The molecule has 0 saturated carbocycles. The van der Waals surface area contributed by atoms with Gasteiger partial charge in [0, 0.05) is 17.8 Å². The number of anilines is 2. The number of carbonyl (C=O) groups is 2. The standard InChI is InChI=1S/C24H21FN4O3/c1-2-22(30)27-18-12-13-21-20(14-18)24(32)29(19-6-4-3-5-7-19)28(21)15-23(31)26-17-10-8-16(25)9-11-17/h3-14H,2,15H2,1H3,(H,26,31)(H,27,30). The van der Waals surface area contributed by atoms with Gasteiger partial charge in [-0.3, -0.25) is 19.1 Å². The maximum absolute atomic E-state index is 13.3. The molecule has 0 aliphatic heterocycles. The number of amides is 2. The Balaban J connectivity index is 1.76. The first-order chi connectivity index (χ1) is 15.5. The minimum atomic E-state index is -0.400. The molecule has 8 heteroatoms. The van der Waals surface area contributed by atoms with E-state index in [0.717, 1.165) is 0 Å². The number of aromatic nitrogens is 2. The molecule has 4 rings (SSSR count). The number of nitrogens with zero attached hydrogens (tertiary/aromatic N) is 2. The van der Waals surface area contributed by atoms with Gasteiger partial charge >= 0.3 is 0 Å². The van der Waals surface area contributed by atoms with Crippen molar-refractivity contribution in [3.63, 3.8) is 0 Å². The highest BCUT2D eigenvalue weighted by Gasteiger charge is 2.18. The number of halogens is 1. The van der Waals surface area contributed by atoms with Crippen molar-refractivity contribution in [1.82, 2.24) is 9.36 Å². The fourth-order valence-electron chi connectivity index (χ4n) is 3.44. The predicted octanol–water partition coefficient (Wildman–Crippen LogP) is 3.92. The summed E-state index contributed by atoms with van der Waals surface area (Å²) in [6, 6.07) is 19.4. The Labute approximate surface area is 183 Å². The minimum absolute atomic E-state index is 0.147. The van der Waals surface area contributed by atoms with Gasteiger partial charge in [-0.25, -0.2) is 9.07 Å². The zero-order valence-corrected chi connectivity index (χ0v) is 17.3. The minimum Gasteiger partial charge on any atom is -0.326 e. The fraction of sp³-hybridized carbons (Fsp3) is 0.125. The number of para-hydroxylation sites is 1. The molecule has 2 amide bonds. The van der Waals surface area contributed by atoms with Crippen LogP contribution in [0.25, 0.3) is 16.6 Å². The molecule has 7 nitrogen and oxygen atoms in total. The number of hydrogen-bond donors (Lipinski definition) is 2. The zero-order chi connectivity index (χ0) is 22.7. The van der Waals surface area contributed by atoms with E-state index >= 15 is 0 Å². The second kappa shape index (κ2) is 8.89. The van der Waals surface area contributed by atoms with Crippen molar-refractivity contribution in [3.8, 4) is 5.69 Å². The highest BCUT2D eigenvalue weighted by Crippen LogP contribution is 2.20. The largest absolute Gasteiger partial charge is 0.326 e. The highest BCUT2D eigenvalue weighted by atomic mass is 19.1. The third-order valence-corrected chi connectivity index (χ3v) is 4.97. The molecule has 32 heavy (non-hydrogen) atoms. The molecule has 0 spiro atoms. The Morgan fingerprint density at radius 2 is 1.53 bits per heavy atom. The number of fused-ring (bicyclic) bond motifs is 1. The van der Waals surface area contributed by atoms with Gasteiger partial charge in [0.05, 0.1) is 16.6 Å². The van der Waals surface area contributed by atoms with E-state index in [1.165, 1.54) is 28.9 Å². The number of hydrogen-bond acceptors (Lipinski definition) is 3. The van der Waals surface area contributed by atoms with E-state index in [4.69, 9.17) is 0 Å². The lowest BCUT2D eigenvalue weighted by molar-refractivity contribution is -0.117. The number of benzene rings is 3. The van der Waals surface area contributed by atoms with E-state index in [1.54, 1.807) is 54.1 Å². The summed E-state index contributed by atoms with van der Waals surface area (Å²) in [7, 11) is 0. The molecule has 0 atom stereocenters. The average molecular weight is 432 g/mol. The molecule has 0 unspecified atom stereocenters. The van der Waals surface area contributed by atoms with Crippen molar-refractivity contribution in [2.24, 2.45) is 0 Å². The summed E-state index contributed by atoms with van der Waals surface area (Å²) in [6.07, 6.45) is 0.316. The molecule has 0 aliphatic carbocycles. The smallest absolute Gasteiger partial charge is 0.279 e. The number of rotatable bonds is 6. The first-order valence-corrected chi connectivity index (χ1v) is 10.1. The molecular formula is C24H21FN4O3. The van der Waals surface area contributed by atoms with Crippen LogP contribution in [-0.2, 0) is 16.1 Å². The van der Waals surface area contributed by atoms with Gasteiger partial charge in [0.2, 0.25) is 11.8 Å². The first kappa shape index (κ1) is 21.0. The molecule has 3 aromatic carbocycles. The summed E-state index contributed by atoms with van der Waals surface area (Å²) in [6.45, 7) is 1.60. The third kappa shape index (κ3) is 4.29. The van der Waals surface area contributed by atoms with Crippen molar-refractivity contribution in [1.29, 1.82) is 0 Å². The van der Waals surface area contributed by atoms with E-state index in [1.807, 2.05) is 6.07 Å². The molecule has 0 fully saturated rings. The van der Waals surface area contributed by atoms with Crippen molar-refractivity contribution < 1.29 is 14.0 Å². The van der Waals surface area contributed by atoms with Gasteiger partial charge in [-0.1, -0.05) is 25.1 Å². The van der Waals surface area contributed by atoms with Crippen LogP contribution in [0.5, 0.6) is 0 Å². The van der Waals surface area contributed by atoms with Crippen LogP contribution in [0.15, 0.2) is 77.6 Å². The van der Waals surface area contributed by atoms with E-state index in [0.29, 0.717) is 34.4 Å². The topological polar surface area (TPSA) is 85.1 Å². The van der Waals surface area contributed by atoms with Crippen LogP contribution in [0.1, 0.15) is 13.3 Å². The summed E-state index contributed by atoms with van der Waals surface area (Å²) in [5.41, 5.74) is 1.79. The van der Waals surface area contributed by atoms with E-state index in [9.17, 15) is 18.8 Å². The van der Waals surface area contributed by atoms with E-state index in [2.05, 4.69) is 10.6 Å². The van der Waals surface area contributed by atoms with Crippen LogP contribution in [0, 0.1) is 5.82 Å². The summed E-state index contributed by atoms with van der Waals surface area (Å²) in [5, 5.41) is 5.84. The third-order valence-electron chi connectivity index (χ3n) is 4.97. The molecule has 0 aliphatic rings. The summed E-state index contributed by atoms with van der Waals surface area (Å²) in [5.74, 6) is -0.935. The second-order valence-corrected chi connectivity index (χ2v) is 7.20. The van der Waals surface area contributed by atoms with Gasteiger partial charge in [-0.15, -0.1) is 0 Å². The van der Waals surface area contributed by atoms with Crippen LogP contribution in [0.4, 0.5) is 15.8 Å². The van der Waals surface area contributed by atoms with Gasteiger partial charge in [0.1, 0.15) is 12.4 Å². The van der Waals surface area contributed by atoms with E-state index in [-0.39, 0.29) is 23.9 Å². The van der Waals surface area contributed by atoms with Crippen LogP contribution >= 0.6 is 0 Å². The molecule has 2 N–H and O–H groups in total.